The van der Waals surface area contributed by atoms with E-state index in [1.807, 2.05) is 12.1 Å². The molecule has 2 aliphatic rings. The van der Waals surface area contributed by atoms with Crippen molar-refractivity contribution in [3.8, 4) is 0 Å². The lowest BCUT2D eigenvalue weighted by Gasteiger charge is -2.32. The highest BCUT2D eigenvalue weighted by Crippen LogP contribution is 2.45. The van der Waals surface area contributed by atoms with Crippen LogP contribution in [0.2, 0.25) is 5.02 Å². The highest BCUT2D eigenvalue weighted by atomic mass is 35.5. The van der Waals surface area contributed by atoms with E-state index in [1.54, 1.807) is 0 Å². The number of nitrogens with one attached hydrogen (secondary N) is 1. The molecular weight excluding hydrogens is 278 g/mol. The summed E-state index contributed by atoms with van der Waals surface area (Å²) in [5.74, 6) is 3.02. The van der Waals surface area contributed by atoms with Gasteiger partial charge in [0.15, 0.2) is 0 Å². The van der Waals surface area contributed by atoms with Crippen LogP contribution in [-0.4, -0.2) is 6.04 Å². The van der Waals surface area contributed by atoms with Crippen molar-refractivity contribution in [1.82, 2.24) is 5.32 Å². The molecule has 2 heteroatoms. The van der Waals surface area contributed by atoms with Crippen molar-refractivity contribution in [3.05, 3.63) is 47.0 Å². The molecule has 0 aliphatic heterocycles. The number of allylic oxidation sites excluding steroid dienone is 2. The van der Waals surface area contributed by atoms with Crippen molar-refractivity contribution in [2.24, 2.45) is 23.7 Å². The Bertz CT molecular complexity index is 505. The molecule has 2 bridgehead atoms. The van der Waals surface area contributed by atoms with Crippen molar-refractivity contribution >= 4 is 11.6 Å². The lowest BCUT2D eigenvalue weighted by molar-refractivity contribution is 0.273. The molecular formula is C19H26ClN. The van der Waals surface area contributed by atoms with E-state index in [4.69, 9.17) is 11.6 Å². The molecule has 5 atom stereocenters. The van der Waals surface area contributed by atoms with E-state index in [2.05, 4.69) is 50.4 Å². The lowest BCUT2D eigenvalue weighted by Crippen LogP contribution is -2.39. The first-order chi connectivity index (χ1) is 10.0. The van der Waals surface area contributed by atoms with E-state index in [0.717, 1.165) is 22.8 Å². The van der Waals surface area contributed by atoms with Crippen LogP contribution in [0.1, 0.15) is 45.2 Å². The number of benzene rings is 1. The second-order valence-electron chi connectivity index (χ2n) is 7.17. The molecule has 1 N–H and O–H groups in total. The van der Waals surface area contributed by atoms with Crippen molar-refractivity contribution in [3.63, 3.8) is 0 Å². The van der Waals surface area contributed by atoms with E-state index in [-0.39, 0.29) is 0 Å². The molecule has 0 radical (unpaired) electrons. The van der Waals surface area contributed by atoms with Crippen molar-refractivity contribution < 1.29 is 0 Å². The number of hydrogen-bond donors (Lipinski definition) is 1. The number of rotatable bonds is 5. The monoisotopic (exact) mass is 303 g/mol. The van der Waals surface area contributed by atoms with Gasteiger partial charge in [-0.1, -0.05) is 49.7 Å². The van der Waals surface area contributed by atoms with E-state index in [9.17, 15) is 0 Å². The van der Waals surface area contributed by atoms with E-state index in [0.29, 0.717) is 18.0 Å². The van der Waals surface area contributed by atoms with E-state index < -0.39 is 0 Å². The van der Waals surface area contributed by atoms with Crippen LogP contribution in [0, 0.1) is 23.7 Å². The number of halogens is 1. The van der Waals surface area contributed by atoms with Gasteiger partial charge >= 0.3 is 0 Å². The zero-order valence-electron chi connectivity index (χ0n) is 13.2. The van der Waals surface area contributed by atoms with Crippen molar-refractivity contribution in [2.75, 3.05) is 0 Å². The summed E-state index contributed by atoms with van der Waals surface area (Å²) in [6, 6.07) is 9.28. The maximum Gasteiger partial charge on any atom is 0.0406 e. The highest BCUT2D eigenvalue weighted by molar-refractivity contribution is 6.30. The fraction of sp³-hybridized carbons (Fsp3) is 0.579. The van der Waals surface area contributed by atoms with Gasteiger partial charge in [-0.15, -0.1) is 0 Å². The number of fused-ring (bicyclic) bond motifs is 2. The quantitative estimate of drug-likeness (QED) is 0.735. The largest absolute Gasteiger partial charge is 0.307 e. The van der Waals surface area contributed by atoms with Gasteiger partial charge in [-0.3, -0.25) is 0 Å². The van der Waals surface area contributed by atoms with Gasteiger partial charge in [-0.05, 0) is 61.1 Å². The van der Waals surface area contributed by atoms with Gasteiger partial charge in [0, 0.05) is 17.1 Å². The van der Waals surface area contributed by atoms with Crippen LogP contribution in [-0.2, 0) is 0 Å². The Hall–Kier alpha value is -0.790. The Morgan fingerprint density at radius 2 is 1.76 bits per heavy atom. The molecule has 1 fully saturated rings. The standard InChI is InChI=1S/C19H26ClN/c1-12(2)19(15-6-8-17(20)9-7-15)21-13(3)18-11-14-4-5-16(18)10-14/h4-9,12-14,16,18-19,21H,10-11H2,1-3H3. The fourth-order valence-corrected chi connectivity index (χ4v) is 4.27. The molecule has 2 aliphatic carbocycles. The molecule has 5 unspecified atom stereocenters. The second-order valence-corrected chi connectivity index (χ2v) is 7.61. The summed E-state index contributed by atoms with van der Waals surface area (Å²) in [4.78, 5) is 0. The minimum atomic E-state index is 0.403. The van der Waals surface area contributed by atoms with Gasteiger partial charge in [-0.2, -0.15) is 0 Å². The van der Waals surface area contributed by atoms with Crippen LogP contribution < -0.4 is 5.32 Å². The Balaban J connectivity index is 1.70. The number of hydrogen-bond acceptors (Lipinski definition) is 1. The van der Waals surface area contributed by atoms with Gasteiger partial charge in [0.2, 0.25) is 0 Å². The van der Waals surface area contributed by atoms with Crippen LogP contribution in [0.25, 0.3) is 0 Å². The summed E-state index contributed by atoms with van der Waals surface area (Å²) >= 11 is 6.02. The Morgan fingerprint density at radius 1 is 1.05 bits per heavy atom. The van der Waals surface area contributed by atoms with Gasteiger partial charge in [0.1, 0.15) is 0 Å². The Labute approximate surface area is 133 Å². The van der Waals surface area contributed by atoms with Crippen LogP contribution >= 0.6 is 11.6 Å². The van der Waals surface area contributed by atoms with Crippen LogP contribution in [0.4, 0.5) is 0 Å². The van der Waals surface area contributed by atoms with Gasteiger partial charge < -0.3 is 5.32 Å². The SMILES string of the molecule is CC(C)C(NC(C)C1CC2C=CC1C2)c1ccc(Cl)cc1. The molecule has 0 aromatic heterocycles. The minimum Gasteiger partial charge on any atom is -0.307 e. The summed E-state index contributed by atoms with van der Waals surface area (Å²) in [6.45, 7) is 6.95. The molecule has 1 aromatic carbocycles. The molecule has 0 amide bonds. The third kappa shape index (κ3) is 3.19. The first-order valence-corrected chi connectivity index (χ1v) is 8.62. The van der Waals surface area contributed by atoms with Gasteiger partial charge in [-0.25, -0.2) is 0 Å². The molecule has 3 rings (SSSR count). The molecule has 1 saturated carbocycles. The topological polar surface area (TPSA) is 12.0 Å². The molecule has 1 aromatic rings. The molecule has 0 saturated heterocycles. The average molecular weight is 304 g/mol. The third-order valence-corrected chi connectivity index (χ3v) is 5.56. The molecule has 0 heterocycles. The molecule has 0 spiro atoms. The van der Waals surface area contributed by atoms with Gasteiger partial charge in [0.25, 0.3) is 0 Å². The van der Waals surface area contributed by atoms with Crippen LogP contribution in [0.15, 0.2) is 36.4 Å². The summed E-state index contributed by atoms with van der Waals surface area (Å²) in [5, 5.41) is 4.71. The van der Waals surface area contributed by atoms with Crippen molar-refractivity contribution in [2.45, 2.75) is 45.7 Å². The fourth-order valence-electron chi connectivity index (χ4n) is 4.15. The first kappa shape index (κ1) is 15.1. The molecule has 1 nitrogen and oxygen atoms in total. The Morgan fingerprint density at radius 3 is 2.29 bits per heavy atom. The van der Waals surface area contributed by atoms with E-state index in [1.165, 1.54) is 18.4 Å². The predicted molar refractivity (Wildman–Crippen MR) is 90.5 cm³/mol. The van der Waals surface area contributed by atoms with Gasteiger partial charge in [0.05, 0.1) is 0 Å². The minimum absolute atomic E-state index is 0.403. The lowest BCUT2D eigenvalue weighted by atomic mass is 9.86. The third-order valence-electron chi connectivity index (χ3n) is 5.31. The Kier molecular flexibility index (Phi) is 4.42. The van der Waals surface area contributed by atoms with Crippen molar-refractivity contribution in [1.29, 1.82) is 0 Å². The zero-order valence-corrected chi connectivity index (χ0v) is 14.0. The smallest absolute Gasteiger partial charge is 0.0406 e. The maximum absolute atomic E-state index is 6.02. The highest BCUT2D eigenvalue weighted by Gasteiger charge is 2.39. The normalized spacial score (nSPS) is 30.0. The maximum atomic E-state index is 6.02. The average Bonchev–Trinajstić information content (AvgIpc) is 3.08. The zero-order chi connectivity index (χ0) is 15.0. The summed E-state index contributed by atoms with van der Waals surface area (Å²) in [7, 11) is 0. The first-order valence-electron chi connectivity index (χ1n) is 8.24. The summed E-state index contributed by atoms with van der Waals surface area (Å²) < 4.78 is 0. The summed E-state index contributed by atoms with van der Waals surface area (Å²) in [6.07, 6.45) is 7.61. The van der Waals surface area contributed by atoms with Crippen LogP contribution in [0.3, 0.4) is 0 Å². The van der Waals surface area contributed by atoms with Crippen LogP contribution in [0.5, 0.6) is 0 Å². The molecule has 114 valence electrons. The van der Waals surface area contributed by atoms with E-state index >= 15 is 0 Å². The second kappa shape index (κ2) is 6.14. The predicted octanol–water partition coefficient (Wildman–Crippen LogP) is 5.23. The summed E-state index contributed by atoms with van der Waals surface area (Å²) in [5.41, 5.74) is 1.35. The molecule has 21 heavy (non-hydrogen) atoms.